The zero-order valence-electron chi connectivity index (χ0n) is 7.84. The number of hydrogen-bond acceptors (Lipinski definition) is 5. The minimum Gasteiger partial charge on any atom is -0.381 e. The summed E-state index contributed by atoms with van der Waals surface area (Å²) in [5.74, 6) is 0.525. The fraction of sp³-hybridized carbons (Fsp3) is 0.375. The Kier molecular flexibility index (Phi) is 2.45. The van der Waals surface area contributed by atoms with Crippen molar-refractivity contribution < 1.29 is 0 Å². The van der Waals surface area contributed by atoms with Gasteiger partial charge in [0.1, 0.15) is 0 Å². The molecule has 74 valence electrons. The number of hydrogen-bond donors (Lipinski definition) is 1. The monoisotopic (exact) mass is 209 g/mol. The molecule has 0 bridgehead atoms. The Hall–Kier alpha value is -1.43. The summed E-state index contributed by atoms with van der Waals surface area (Å²) in [6.07, 6.45) is 2.68. The van der Waals surface area contributed by atoms with E-state index >= 15 is 0 Å². The fourth-order valence-corrected chi connectivity index (χ4v) is 1.88. The Morgan fingerprint density at radius 1 is 1.57 bits per heavy atom. The maximum Gasteiger partial charge on any atom is 0.169 e. The molecule has 2 aromatic rings. The van der Waals surface area contributed by atoms with Gasteiger partial charge in [0, 0.05) is 11.1 Å². The van der Waals surface area contributed by atoms with E-state index in [-0.39, 0.29) is 0 Å². The smallest absolute Gasteiger partial charge is 0.169 e. The molecule has 2 heterocycles. The van der Waals surface area contributed by atoms with Gasteiger partial charge in [0.25, 0.3) is 0 Å². The van der Waals surface area contributed by atoms with Crippen LogP contribution >= 0.6 is 11.3 Å². The third kappa shape index (κ3) is 1.60. The normalized spacial score (nSPS) is 10.6. The summed E-state index contributed by atoms with van der Waals surface area (Å²) in [5, 5.41) is 7.82. The van der Waals surface area contributed by atoms with Gasteiger partial charge in [-0.1, -0.05) is 12.1 Å². The standard InChI is InChI=1S/C8H11N5S/c1-2-7-8(9)11-12-13(7)4-6-3-10-5-14-6/h3,5H,2,4,9H2,1H3. The third-order valence-electron chi connectivity index (χ3n) is 1.99. The maximum atomic E-state index is 5.67. The summed E-state index contributed by atoms with van der Waals surface area (Å²) < 4.78 is 1.82. The van der Waals surface area contributed by atoms with Gasteiger partial charge < -0.3 is 5.73 Å². The molecule has 5 nitrogen and oxygen atoms in total. The van der Waals surface area contributed by atoms with Crippen molar-refractivity contribution in [1.29, 1.82) is 0 Å². The minimum atomic E-state index is 0.525. The molecule has 2 N–H and O–H groups in total. The first kappa shape index (κ1) is 9.14. The first-order chi connectivity index (χ1) is 6.81. The molecular weight excluding hydrogens is 198 g/mol. The van der Waals surface area contributed by atoms with Gasteiger partial charge in [-0.05, 0) is 6.42 Å². The average molecular weight is 209 g/mol. The number of nitrogen functional groups attached to an aromatic ring is 1. The van der Waals surface area contributed by atoms with Crippen molar-refractivity contribution in [3.05, 3.63) is 22.3 Å². The van der Waals surface area contributed by atoms with Crippen LogP contribution in [0.2, 0.25) is 0 Å². The number of rotatable bonds is 3. The topological polar surface area (TPSA) is 69.6 Å². The quantitative estimate of drug-likeness (QED) is 0.816. The summed E-state index contributed by atoms with van der Waals surface area (Å²) in [7, 11) is 0. The van der Waals surface area contributed by atoms with Crippen LogP contribution in [0.3, 0.4) is 0 Å². The van der Waals surface area contributed by atoms with E-state index in [4.69, 9.17) is 5.73 Å². The molecule has 0 amide bonds. The molecule has 14 heavy (non-hydrogen) atoms. The van der Waals surface area contributed by atoms with Crippen LogP contribution in [-0.2, 0) is 13.0 Å². The molecule has 6 heteroatoms. The minimum absolute atomic E-state index is 0.525. The molecule has 0 atom stereocenters. The SMILES string of the molecule is CCc1c(N)nnn1Cc1cncs1. The van der Waals surface area contributed by atoms with Crippen molar-refractivity contribution in [2.75, 3.05) is 5.73 Å². The second-order valence-electron chi connectivity index (χ2n) is 2.90. The summed E-state index contributed by atoms with van der Waals surface area (Å²) in [6, 6.07) is 0. The Balaban J connectivity index is 2.25. The van der Waals surface area contributed by atoms with E-state index in [0.29, 0.717) is 12.4 Å². The van der Waals surface area contributed by atoms with Gasteiger partial charge in [-0.2, -0.15) is 0 Å². The van der Waals surface area contributed by atoms with Crippen LogP contribution in [0.4, 0.5) is 5.82 Å². The molecule has 0 aromatic carbocycles. The van der Waals surface area contributed by atoms with Crippen LogP contribution in [-0.4, -0.2) is 20.0 Å². The van der Waals surface area contributed by atoms with Crippen LogP contribution < -0.4 is 5.73 Å². The van der Waals surface area contributed by atoms with Crippen LogP contribution in [0.25, 0.3) is 0 Å². The molecule has 0 aliphatic rings. The third-order valence-corrected chi connectivity index (χ3v) is 2.76. The van der Waals surface area contributed by atoms with E-state index in [1.165, 1.54) is 0 Å². The van der Waals surface area contributed by atoms with Crippen molar-refractivity contribution in [2.45, 2.75) is 19.9 Å². The van der Waals surface area contributed by atoms with Crippen LogP contribution in [0.1, 0.15) is 17.5 Å². The predicted molar refractivity (Wildman–Crippen MR) is 55.0 cm³/mol. The van der Waals surface area contributed by atoms with Crippen LogP contribution in [0.5, 0.6) is 0 Å². The van der Waals surface area contributed by atoms with Crippen molar-refractivity contribution in [3.8, 4) is 0 Å². The van der Waals surface area contributed by atoms with Gasteiger partial charge in [-0.3, -0.25) is 4.98 Å². The zero-order chi connectivity index (χ0) is 9.97. The van der Waals surface area contributed by atoms with E-state index in [2.05, 4.69) is 15.3 Å². The van der Waals surface area contributed by atoms with Gasteiger partial charge in [0.05, 0.1) is 17.7 Å². The summed E-state index contributed by atoms with van der Waals surface area (Å²) in [6.45, 7) is 2.75. The van der Waals surface area contributed by atoms with E-state index in [1.807, 2.05) is 17.8 Å². The number of nitrogens with two attached hydrogens (primary N) is 1. The highest BCUT2D eigenvalue weighted by Crippen LogP contribution is 2.12. The Labute approximate surface area is 85.6 Å². The van der Waals surface area contributed by atoms with Gasteiger partial charge in [-0.25, -0.2) is 4.68 Å². The molecule has 0 saturated heterocycles. The van der Waals surface area contributed by atoms with Crippen molar-refractivity contribution in [3.63, 3.8) is 0 Å². The molecule has 0 aliphatic heterocycles. The highest BCUT2D eigenvalue weighted by atomic mass is 32.1. The first-order valence-corrected chi connectivity index (χ1v) is 5.24. The molecule has 0 aliphatic carbocycles. The highest BCUT2D eigenvalue weighted by Gasteiger charge is 2.08. The Morgan fingerprint density at radius 3 is 3.07 bits per heavy atom. The summed E-state index contributed by atoms with van der Waals surface area (Å²) >= 11 is 1.61. The average Bonchev–Trinajstić information content (AvgIpc) is 2.77. The van der Waals surface area contributed by atoms with E-state index in [0.717, 1.165) is 17.0 Å². The Morgan fingerprint density at radius 2 is 2.43 bits per heavy atom. The lowest BCUT2D eigenvalue weighted by Crippen LogP contribution is -2.05. The molecular formula is C8H11N5S. The summed E-state index contributed by atoms with van der Waals surface area (Å²) in [4.78, 5) is 5.16. The molecule has 0 unspecified atom stereocenters. The molecule has 2 rings (SSSR count). The van der Waals surface area contributed by atoms with Crippen LogP contribution in [0, 0.1) is 0 Å². The van der Waals surface area contributed by atoms with E-state index in [9.17, 15) is 0 Å². The zero-order valence-corrected chi connectivity index (χ0v) is 8.66. The lowest BCUT2D eigenvalue weighted by atomic mass is 10.3. The fourth-order valence-electron chi connectivity index (χ4n) is 1.30. The molecule has 0 radical (unpaired) electrons. The van der Waals surface area contributed by atoms with Crippen molar-refractivity contribution in [1.82, 2.24) is 20.0 Å². The Bertz CT molecular complexity index is 405. The molecule has 0 fully saturated rings. The van der Waals surface area contributed by atoms with Gasteiger partial charge in [0.2, 0.25) is 0 Å². The second kappa shape index (κ2) is 3.75. The summed E-state index contributed by atoms with van der Waals surface area (Å²) in [5.41, 5.74) is 8.47. The number of nitrogens with zero attached hydrogens (tertiary/aromatic N) is 4. The lowest BCUT2D eigenvalue weighted by Gasteiger charge is -2.01. The molecule has 0 saturated carbocycles. The largest absolute Gasteiger partial charge is 0.381 e. The predicted octanol–water partition coefficient (Wildman–Crippen LogP) is 0.927. The number of anilines is 1. The molecule has 2 aromatic heterocycles. The van der Waals surface area contributed by atoms with Gasteiger partial charge >= 0.3 is 0 Å². The van der Waals surface area contributed by atoms with Gasteiger partial charge in [-0.15, -0.1) is 16.4 Å². The van der Waals surface area contributed by atoms with Crippen molar-refractivity contribution in [2.24, 2.45) is 0 Å². The second-order valence-corrected chi connectivity index (χ2v) is 3.87. The number of thiazole rings is 1. The number of aromatic nitrogens is 4. The van der Waals surface area contributed by atoms with Crippen LogP contribution in [0.15, 0.2) is 11.7 Å². The first-order valence-electron chi connectivity index (χ1n) is 4.36. The maximum absolute atomic E-state index is 5.67. The lowest BCUT2D eigenvalue weighted by molar-refractivity contribution is 0.627. The highest BCUT2D eigenvalue weighted by molar-refractivity contribution is 7.09. The van der Waals surface area contributed by atoms with E-state index < -0.39 is 0 Å². The molecule has 0 spiro atoms. The van der Waals surface area contributed by atoms with E-state index in [1.54, 1.807) is 16.8 Å². The van der Waals surface area contributed by atoms with Gasteiger partial charge in [0.15, 0.2) is 5.82 Å². The van der Waals surface area contributed by atoms with Crippen molar-refractivity contribution >= 4 is 17.2 Å².